The normalized spacial score (nSPS) is 26.5. The second kappa shape index (κ2) is 7.23. The monoisotopic (exact) mass is 405 g/mol. The average molecular weight is 405 g/mol. The minimum atomic E-state index is -0.272. The molecule has 1 aliphatic heterocycles. The van der Waals surface area contributed by atoms with E-state index in [1.54, 1.807) is 6.92 Å². The van der Waals surface area contributed by atoms with Gasteiger partial charge >= 0.3 is 0 Å². The van der Waals surface area contributed by atoms with E-state index >= 15 is 0 Å². The van der Waals surface area contributed by atoms with Gasteiger partial charge in [-0.25, -0.2) is 0 Å². The molecule has 3 amide bonds. The van der Waals surface area contributed by atoms with Crippen molar-refractivity contribution in [3.8, 4) is 11.3 Å². The minimum Gasteiger partial charge on any atom is -0.355 e. The van der Waals surface area contributed by atoms with E-state index in [9.17, 15) is 14.4 Å². The van der Waals surface area contributed by atoms with Gasteiger partial charge in [-0.3, -0.25) is 19.3 Å². The molecule has 2 heterocycles. The van der Waals surface area contributed by atoms with E-state index in [2.05, 4.69) is 22.6 Å². The van der Waals surface area contributed by atoms with Crippen molar-refractivity contribution in [3.63, 3.8) is 0 Å². The number of hydrogen-bond acceptors (Lipinski definition) is 5. The van der Waals surface area contributed by atoms with Crippen molar-refractivity contribution in [3.05, 3.63) is 53.7 Å². The number of fused-ring (bicyclic) bond motifs is 5. The highest BCUT2D eigenvalue weighted by Gasteiger charge is 2.58. The summed E-state index contributed by atoms with van der Waals surface area (Å²) >= 11 is 0. The van der Waals surface area contributed by atoms with E-state index in [1.165, 1.54) is 4.90 Å². The first kappa shape index (κ1) is 18.8. The Balaban J connectivity index is 1.19. The molecule has 0 spiro atoms. The zero-order chi connectivity index (χ0) is 20.8. The van der Waals surface area contributed by atoms with Crippen LogP contribution in [0.25, 0.3) is 11.3 Å². The molecule has 4 unspecified atom stereocenters. The molecule has 1 aromatic carbocycles. The van der Waals surface area contributed by atoms with Gasteiger partial charge < -0.3 is 9.84 Å². The largest absolute Gasteiger partial charge is 0.355 e. The van der Waals surface area contributed by atoms with Crippen LogP contribution < -0.4 is 5.32 Å². The number of nitrogens with zero attached hydrogens (tertiary/aromatic N) is 2. The molecule has 7 heteroatoms. The number of rotatable bonds is 6. The number of nitrogens with one attached hydrogen (secondary N) is 1. The summed E-state index contributed by atoms with van der Waals surface area (Å²) in [6.07, 6.45) is 5.62. The smallest absolute Gasteiger partial charge is 0.257 e. The van der Waals surface area contributed by atoms with Crippen LogP contribution in [0.3, 0.4) is 0 Å². The van der Waals surface area contributed by atoms with Crippen molar-refractivity contribution in [1.29, 1.82) is 0 Å². The minimum absolute atomic E-state index is 0.0468. The highest BCUT2D eigenvalue weighted by Crippen LogP contribution is 2.52. The molecule has 0 radical (unpaired) electrons. The summed E-state index contributed by atoms with van der Waals surface area (Å²) in [5, 5.41) is 6.81. The Labute approximate surface area is 174 Å². The summed E-state index contributed by atoms with van der Waals surface area (Å²) < 4.78 is 5.37. The van der Waals surface area contributed by atoms with E-state index in [1.807, 2.05) is 30.3 Å². The van der Waals surface area contributed by atoms with Gasteiger partial charge in [-0.1, -0.05) is 47.6 Å². The second-order valence-corrected chi connectivity index (χ2v) is 8.28. The number of aromatic nitrogens is 1. The molecule has 5 rings (SSSR count). The van der Waals surface area contributed by atoms with Crippen molar-refractivity contribution in [2.45, 2.75) is 19.8 Å². The van der Waals surface area contributed by atoms with Gasteiger partial charge in [0.1, 0.15) is 5.56 Å². The Bertz CT molecular complexity index is 1010. The summed E-state index contributed by atoms with van der Waals surface area (Å²) in [6.45, 7) is 2.42. The standard InChI is InChI=1S/C23H23N3O4/c1-13-17(20(30-25-13)14-6-3-2-4-7-14)21(27)24-10-5-11-26-22(28)18-15-8-9-16(12-15)19(18)23(26)29/h2-4,6-9,15-16,18-19H,5,10-12H2,1H3,(H,24,27). The van der Waals surface area contributed by atoms with Crippen LogP contribution in [0.15, 0.2) is 47.0 Å². The quantitative estimate of drug-likeness (QED) is 0.453. The summed E-state index contributed by atoms with van der Waals surface area (Å²) in [5.74, 6) is 0.162. The topological polar surface area (TPSA) is 92.5 Å². The predicted molar refractivity (Wildman–Crippen MR) is 108 cm³/mol. The van der Waals surface area contributed by atoms with Crippen LogP contribution in [-0.4, -0.2) is 40.9 Å². The van der Waals surface area contributed by atoms with Crippen molar-refractivity contribution in [1.82, 2.24) is 15.4 Å². The van der Waals surface area contributed by atoms with Crippen molar-refractivity contribution >= 4 is 17.7 Å². The number of allylic oxidation sites excluding steroid dienone is 2. The van der Waals surface area contributed by atoms with Gasteiger partial charge in [-0.15, -0.1) is 0 Å². The van der Waals surface area contributed by atoms with Crippen molar-refractivity contribution in [2.24, 2.45) is 23.7 Å². The zero-order valence-corrected chi connectivity index (χ0v) is 16.7. The highest BCUT2D eigenvalue weighted by atomic mass is 16.5. The molecule has 154 valence electrons. The van der Waals surface area contributed by atoms with Crippen LogP contribution in [0.5, 0.6) is 0 Å². The molecule has 1 saturated heterocycles. The Morgan fingerprint density at radius 2 is 1.80 bits per heavy atom. The fraction of sp³-hybridized carbons (Fsp3) is 0.391. The summed E-state index contributed by atoms with van der Waals surface area (Å²) in [7, 11) is 0. The van der Waals surface area contributed by atoms with Crippen LogP contribution in [-0.2, 0) is 9.59 Å². The molecule has 3 aliphatic rings. The van der Waals surface area contributed by atoms with Crippen LogP contribution in [0.4, 0.5) is 0 Å². The first-order chi connectivity index (χ1) is 14.6. The van der Waals surface area contributed by atoms with Gasteiger partial charge in [0.25, 0.3) is 5.91 Å². The van der Waals surface area contributed by atoms with E-state index in [0.717, 1.165) is 12.0 Å². The van der Waals surface area contributed by atoms with Gasteiger partial charge in [0, 0.05) is 18.7 Å². The fourth-order valence-corrected chi connectivity index (χ4v) is 5.14. The van der Waals surface area contributed by atoms with E-state index in [-0.39, 0.29) is 41.4 Å². The molecular weight excluding hydrogens is 382 g/mol. The van der Waals surface area contributed by atoms with Crippen LogP contribution >= 0.6 is 0 Å². The number of amides is 3. The molecule has 1 N–H and O–H groups in total. The lowest BCUT2D eigenvalue weighted by Gasteiger charge is -2.17. The molecule has 2 fully saturated rings. The predicted octanol–water partition coefficient (Wildman–Crippen LogP) is 2.58. The SMILES string of the molecule is Cc1noc(-c2ccccc2)c1C(=O)NCCCN1C(=O)C2C3C=CC(C3)C2C1=O. The lowest BCUT2D eigenvalue weighted by Crippen LogP contribution is -2.36. The average Bonchev–Trinajstić information content (AvgIpc) is 3.51. The van der Waals surface area contributed by atoms with Crippen LogP contribution in [0, 0.1) is 30.6 Å². The van der Waals surface area contributed by atoms with Crippen molar-refractivity contribution < 1.29 is 18.9 Å². The maximum Gasteiger partial charge on any atom is 0.257 e. The molecule has 7 nitrogen and oxygen atoms in total. The number of aryl methyl sites for hydroxylation is 1. The molecule has 30 heavy (non-hydrogen) atoms. The molecular formula is C23H23N3O4. The molecule has 2 bridgehead atoms. The Hall–Kier alpha value is -3.22. The first-order valence-electron chi connectivity index (χ1n) is 10.4. The summed E-state index contributed by atoms with van der Waals surface area (Å²) in [5.41, 5.74) is 1.71. The lowest BCUT2D eigenvalue weighted by molar-refractivity contribution is -0.140. The van der Waals surface area contributed by atoms with Crippen molar-refractivity contribution in [2.75, 3.05) is 13.1 Å². The van der Waals surface area contributed by atoms with Gasteiger partial charge in [0.05, 0.1) is 17.5 Å². The molecule has 2 aromatic rings. The zero-order valence-electron chi connectivity index (χ0n) is 16.7. The van der Waals surface area contributed by atoms with Gasteiger partial charge in [0.2, 0.25) is 11.8 Å². The highest BCUT2D eigenvalue weighted by molar-refractivity contribution is 6.06. The fourth-order valence-electron chi connectivity index (χ4n) is 5.14. The lowest BCUT2D eigenvalue weighted by atomic mass is 9.85. The summed E-state index contributed by atoms with van der Waals surface area (Å²) in [6, 6.07) is 9.36. The number of imide groups is 1. The first-order valence-corrected chi connectivity index (χ1v) is 10.4. The maximum absolute atomic E-state index is 12.7. The Morgan fingerprint density at radius 3 is 2.47 bits per heavy atom. The van der Waals surface area contributed by atoms with Gasteiger partial charge in [-0.2, -0.15) is 0 Å². The third kappa shape index (κ3) is 2.88. The number of likely N-dealkylation sites (tertiary alicyclic amines) is 1. The van der Waals surface area contributed by atoms with Gasteiger partial charge in [-0.05, 0) is 31.6 Å². The molecule has 1 aromatic heterocycles. The van der Waals surface area contributed by atoms with E-state index in [4.69, 9.17) is 4.52 Å². The number of benzene rings is 1. The second-order valence-electron chi connectivity index (χ2n) is 8.28. The number of hydrogen-bond donors (Lipinski definition) is 1. The third-order valence-electron chi connectivity index (χ3n) is 6.53. The van der Waals surface area contributed by atoms with E-state index in [0.29, 0.717) is 36.5 Å². The summed E-state index contributed by atoms with van der Waals surface area (Å²) in [4.78, 5) is 39.6. The number of carbonyl (C=O) groups excluding carboxylic acids is 3. The molecule has 2 aliphatic carbocycles. The number of carbonyl (C=O) groups is 3. The van der Waals surface area contributed by atoms with Gasteiger partial charge in [0.15, 0.2) is 5.76 Å². The molecule has 1 saturated carbocycles. The third-order valence-corrected chi connectivity index (χ3v) is 6.53. The van der Waals surface area contributed by atoms with Crippen LogP contribution in [0.1, 0.15) is 28.9 Å². The van der Waals surface area contributed by atoms with E-state index < -0.39 is 0 Å². The Morgan fingerprint density at radius 1 is 1.13 bits per heavy atom. The van der Waals surface area contributed by atoms with Crippen LogP contribution in [0.2, 0.25) is 0 Å². The maximum atomic E-state index is 12.7. The molecule has 4 atom stereocenters. The Kier molecular flexibility index (Phi) is 4.53.